The molecule has 1 fully saturated rings. The van der Waals surface area contributed by atoms with Gasteiger partial charge in [-0.2, -0.15) is 0 Å². The topological polar surface area (TPSA) is 64.1 Å². The summed E-state index contributed by atoms with van der Waals surface area (Å²) in [7, 11) is 0. The second-order valence-corrected chi connectivity index (χ2v) is 8.06. The molecule has 0 spiro atoms. The first-order valence-corrected chi connectivity index (χ1v) is 10.6. The van der Waals surface area contributed by atoms with Gasteiger partial charge in [0.1, 0.15) is 5.69 Å². The first-order chi connectivity index (χ1) is 14.6. The standard InChI is InChI=1S/C23H21Cl2N3O2/c24-18-8-4-15(5-9-18)21-22(16-6-10-19(25)11-7-16)28-20(14-27-21)30-13-1-12-26-23(29)17-2-3-17/h4-11,14,17H,1-3,12-13H2,(H,26,29). The van der Waals surface area contributed by atoms with Gasteiger partial charge in [-0.05, 0) is 43.5 Å². The van der Waals surface area contributed by atoms with Crippen molar-refractivity contribution in [1.82, 2.24) is 15.3 Å². The minimum absolute atomic E-state index is 0.145. The molecule has 1 saturated carbocycles. The van der Waals surface area contributed by atoms with E-state index >= 15 is 0 Å². The Morgan fingerprint density at radius 1 is 0.967 bits per heavy atom. The highest BCUT2D eigenvalue weighted by Gasteiger charge is 2.28. The van der Waals surface area contributed by atoms with Crippen molar-refractivity contribution in [3.8, 4) is 28.4 Å². The number of rotatable bonds is 8. The maximum atomic E-state index is 11.7. The summed E-state index contributed by atoms with van der Waals surface area (Å²) in [6, 6.07) is 14.9. The van der Waals surface area contributed by atoms with Crippen LogP contribution in [0.3, 0.4) is 0 Å². The third-order valence-electron chi connectivity index (χ3n) is 4.80. The van der Waals surface area contributed by atoms with Crippen LogP contribution >= 0.6 is 23.2 Å². The highest BCUT2D eigenvalue weighted by atomic mass is 35.5. The third kappa shape index (κ3) is 5.29. The molecule has 0 atom stereocenters. The molecular weight excluding hydrogens is 421 g/mol. The van der Waals surface area contributed by atoms with Crippen molar-refractivity contribution in [2.24, 2.45) is 5.92 Å². The van der Waals surface area contributed by atoms with Crippen molar-refractivity contribution in [3.63, 3.8) is 0 Å². The van der Waals surface area contributed by atoms with Crippen LogP contribution in [0.15, 0.2) is 54.7 Å². The number of benzene rings is 2. The summed E-state index contributed by atoms with van der Waals surface area (Å²) in [6.45, 7) is 1.04. The van der Waals surface area contributed by atoms with Crippen molar-refractivity contribution in [1.29, 1.82) is 0 Å². The number of hydrogen-bond acceptors (Lipinski definition) is 4. The molecular formula is C23H21Cl2N3O2. The van der Waals surface area contributed by atoms with Crippen molar-refractivity contribution in [3.05, 3.63) is 64.8 Å². The van der Waals surface area contributed by atoms with Gasteiger partial charge in [-0.15, -0.1) is 0 Å². The lowest BCUT2D eigenvalue weighted by Gasteiger charge is -2.12. The van der Waals surface area contributed by atoms with E-state index in [1.807, 2.05) is 48.5 Å². The highest BCUT2D eigenvalue weighted by Crippen LogP contribution is 2.32. The predicted molar refractivity (Wildman–Crippen MR) is 119 cm³/mol. The fourth-order valence-corrected chi connectivity index (χ4v) is 3.27. The van der Waals surface area contributed by atoms with E-state index in [-0.39, 0.29) is 11.8 Å². The number of carbonyl (C=O) groups is 1. The molecule has 1 aliphatic carbocycles. The van der Waals surface area contributed by atoms with Crippen LogP contribution in [0.25, 0.3) is 22.5 Å². The zero-order valence-corrected chi connectivity index (χ0v) is 17.8. The van der Waals surface area contributed by atoms with Crippen LogP contribution in [-0.4, -0.2) is 29.0 Å². The Hall–Kier alpha value is -2.63. The quantitative estimate of drug-likeness (QED) is 0.474. The van der Waals surface area contributed by atoms with Gasteiger partial charge in [-0.25, -0.2) is 9.97 Å². The van der Waals surface area contributed by atoms with Crippen LogP contribution in [0.2, 0.25) is 10.0 Å². The summed E-state index contributed by atoms with van der Waals surface area (Å²) in [4.78, 5) is 21.0. The minimum Gasteiger partial charge on any atom is -0.476 e. The lowest BCUT2D eigenvalue weighted by Crippen LogP contribution is -2.26. The molecule has 1 N–H and O–H groups in total. The van der Waals surface area contributed by atoms with Crippen LogP contribution in [0, 0.1) is 5.92 Å². The molecule has 4 rings (SSSR count). The Balaban J connectivity index is 1.49. The SMILES string of the molecule is O=C(NCCCOc1cnc(-c2ccc(Cl)cc2)c(-c2ccc(Cl)cc2)n1)C1CC1. The van der Waals surface area contributed by atoms with Gasteiger partial charge in [0.05, 0.1) is 18.5 Å². The Morgan fingerprint density at radius 2 is 1.57 bits per heavy atom. The van der Waals surface area contributed by atoms with E-state index in [0.29, 0.717) is 41.2 Å². The molecule has 7 heteroatoms. The second-order valence-electron chi connectivity index (χ2n) is 7.19. The van der Waals surface area contributed by atoms with Crippen molar-refractivity contribution < 1.29 is 9.53 Å². The summed E-state index contributed by atoms with van der Waals surface area (Å²) >= 11 is 12.1. The fraction of sp³-hybridized carbons (Fsp3) is 0.261. The molecule has 0 saturated heterocycles. The van der Waals surface area contributed by atoms with E-state index < -0.39 is 0 Å². The van der Waals surface area contributed by atoms with Gasteiger partial charge < -0.3 is 10.1 Å². The van der Waals surface area contributed by atoms with Crippen LogP contribution in [0.1, 0.15) is 19.3 Å². The Bertz CT molecular complexity index is 1020. The van der Waals surface area contributed by atoms with Crippen LogP contribution in [-0.2, 0) is 4.79 Å². The lowest BCUT2D eigenvalue weighted by atomic mass is 10.0. The molecule has 1 aromatic heterocycles. The van der Waals surface area contributed by atoms with Gasteiger partial charge in [0.15, 0.2) is 0 Å². The molecule has 0 unspecified atom stereocenters. The van der Waals surface area contributed by atoms with Crippen molar-refractivity contribution in [2.45, 2.75) is 19.3 Å². The largest absolute Gasteiger partial charge is 0.476 e. The molecule has 0 bridgehead atoms. The summed E-state index contributed by atoms with van der Waals surface area (Å²) in [5, 5.41) is 4.24. The Kier molecular flexibility index (Phi) is 6.50. The molecule has 1 amide bonds. The molecule has 30 heavy (non-hydrogen) atoms. The summed E-state index contributed by atoms with van der Waals surface area (Å²) < 4.78 is 5.79. The van der Waals surface area contributed by atoms with Gasteiger partial charge in [-0.3, -0.25) is 4.79 Å². The van der Waals surface area contributed by atoms with E-state index in [0.717, 1.165) is 29.7 Å². The molecule has 154 valence electrons. The number of aromatic nitrogens is 2. The van der Waals surface area contributed by atoms with Crippen molar-refractivity contribution in [2.75, 3.05) is 13.2 Å². The number of nitrogens with zero attached hydrogens (tertiary/aromatic N) is 2. The summed E-state index contributed by atoms with van der Waals surface area (Å²) in [5.74, 6) is 0.803. The van der Waals surface area contributed by atoms with Gasteiger partial charge >= 0.3 is 0 Å². The molecule has 5 nitrogen and oxygen atoms in total. The summed E-state index contributed by atoms with van der Waals surface area (Å²) in [6.07, 6.45) is 4.33. The van der Waals surface area contributed by atoms with E-state index in [2.05, 4.69) is 10.3 Å². The smallest absolute Gasteiger partial charge is 0.232 e. The number of amides is 1. The van der Waals surface area contributed by atoms with Gasteiger partial charge in [0.25, 0.3) is 0 Å². The second kappa shape index (κ2) is 9.45. The van der Waals surface area contributed by atoms with E-state index in [1.165, 1.54) is 0 Å². The highest BCUT2D eigenvalue weighted by molar-refractivity contribution is 6.31. The Morgan fingerprint density at radius 3 is 2.17 bits per heavy atom. The molecule has 0 radical (unpaired) electrons. The third-order valence-corrected chi connectivity index (χ3v) is 5.31. The maximum Gasteiger partial charge on any atom is 0.232 e. The number of halogens is 2. The maximum absolute atomic E-state index is 11.7. The lowest BCUT2D eigenvalue weighted by molar-refractivity contribution is -0.122. The normalized spacial score (nSPS) is 13.1. The zero-order chi connectivity index (χ0) is 20.9. The predicted octanol–water partition coefficient (Wildman–Crippen LogP) is 5.41. The van der Waals surface area contributed by atoms with E-state index in [1.54, 1.807) is 6.20 Å². The number of nitrogens with one attached hydrogen (secondary N) is 1. The average molecular weight is 442 g/mol. The van der Waals surface area contributed by atoms with Crippen LogP contribution in [0.5, 0.6) is 5.88 Å². The number of carbonyl (C=O) groups excluding carboxylic acids is 1. The zero-order valence-electron chi connectivity index (χ0n) is 16.3. The molecule has 3 aromatic rings. The van der Waals surface area contributed by atoms with Gasteiger partial charge in [0, 0.05) is 33.6 Å². The van der Waals surface area contributed by atoms with E-state index in [9.17, 15) is 4.79 Å². The van der Waals surface area contributed by atoms with Gasteiger partial charge in [0.2, 0.25) is 11.8 Å². The first-order valence-electron chi connectivity index (χ1n) is 9.89. The fourth-order valence-electron chi connectivity index (χ4n) is 3.02. The number of hydrogen-bond donors (Lipinski definition) is 1. The monoisotopic (exact) mass is 441 g/mol. The van der Waals surface area contributed by atoms with Crippen LogP contribution in [0.4, 0.5) is 0 Å². The van der Waals surface area contributed by atoms with Crippen LogP contribution < -0.4 is 10.1 Å². The molecule has 2 aromatic carbocycles. The average Bonchev–Trinajstić information content (AvgIpc) is 3.60. The first kappa shape index (κ1) is 20.6. The molecule has 1 aliphatic rings. The Labute approximate surface area is 185 Å². The van der Waals surface area contributed by atoms with E-state index in [4.69, 9.17) is 32.9 Å². The molecule has 1 heterocycles. The number of ether oxygens (including phenoxy) is 1. The van der Waals surface area contributed by atoms with Crippen molar-refractivity contribution >= 4 is 29.1 Å². The minimum atomic E-state index is 0.145. The van der Waals surface area contributed by atoms with Gasteiger partial charge in [-0.1, -0.05) is 47.5 Å². The molecule has 0 aliphatic heterocycles. The summed E-state index contributed by atoms with van der Waals surface area (Å²) in [5.41, 5.74) is 3.23.